The van der Waals surface area contributed by atoms with Gasteiger partial charge in [0.05, 0.1) is 0 Å². The van der Waals surface area contributed by atoms with Crippen LogP contribution in [0.3, 0.4) is 0 Å². The number of benzene rings is 1. The van der Waals surface area contributed by atoms with E-state index in [1.165, 1.54) is 17.4 Å². The summed E-state index contributed by atoms with van der Waals surface area (Å²) in [6, 6.07) is 8.22. The Morgan fingerprint density at radius 3 is 2.46 bits per heavy atom. The molecular weight excluding hydrogens is 360 g/mol. The third-order valence-electron chi connectivity index (χ3n) is 4.74. The van der Waals surface area contributed by atoms with E-state index in [9.17, 15) is 14.4 Å². The highest BCUT2D eigenvalue weighted by Gasteiger charge is 2.39. The van der Waals surface area contributed by atoms with Crippen LogP contribution in [0.5, 0.6) is 0 Å². The highest BCUT2D eigenvalue weighted by molar-refractivity contribution is 5.89. The molecular formula is C21H30N2O5. The number of rotatable bonds is 5. The Balaban J connectivity index is 2.14. The van der Waals surface area contributed by atoms with Crippen LogP contribution in [0, 0.1) is 5.92 Å². The summed E-state index contributed by atoms with van der Waals surface area (Å²) in [6.45, 7) is 7.12. The lowest BCUT2D eigenvalue weighted by Gasteiger charge is -2.39. The molecule has 1 fully saturated rings. The first-order chi connectivity index (χ1) is 13.1. The van der Waals surface area contributed by atoms with E-state index in [4.69, 9.17) is 9.84 Å². The highest BCUT2D eigenvalue weighted by atomic mass is 16.6. The van der Waals surface area contributed by atoms with Crippen molar-refractivity contribution in [2.75, 3.05) is 6.54 Å². The van der Waals surface area contributed by atoms with Crippen LogP contribution >= 0.6 is 0 Å². The molecule has 2 amide bonds. The van der Waals surface area contributed by atoms with Crippen LogP contribution in [-0.4, -0.2) is 52.2 Å². The summed E-state index contributed by atoms with van der Waals surface area (Å²) in [5, 5.41) is 11.6. The van der Waals surface area contributed by atoms with E-state index in [2.05, 4.69) is 5.32 Å². The van der Waals surface area contributed by atoms with Gasteiger partial charge < -0.3 is 15.2 Å². The molecule has 7 heteroatoms. The van der Waals surface area contributed by atoms with Crippen molar-refractivity contribution in [2.24, 2.45) is 5.92 Å². The Bertz CT molecular complexity index is 698. The fourth-order valence-corrected chi connectivity index (χ4v) is 3.33. The number of carbonyl (C=O) groups excluding carboxylic acids is 2. The molecule has 1 saturated heterocycles. The summed E-state index contributed by atoms with van der Waals surface area (Å²) in [5.41, 5.74) is 0.504. The van der Waals surface area contributed by atoms with Gasteiger partial charge in [0.1, 0.15) is 17.7 Å². The van der Waals surface area contributed by atoms with Gasteiger partial charge in [0.15, 0.2) is 0 Å². The lowest BCUT2D eigenvalue weighted by Crippen LogP contribution is -2.56. The molecule has 0 aliphatic carbocycles. The molecule has 1 aliphatic heterocycles. The number of piperidine rings is 1. The minimum atomic E-state index is -1.12. The molecule has 0 aromatic heterocycles. The van der Waals surface area contributed by atoms with E-state index < -0.39 is 35.7 Å². The first kappa shape index (κ1) is 21.7. The van der Waals surface area contributed by atoms with Gasteiger partial charge >= 0.3 is 12.1 Å². The Kier molecular flexibility index (Phi) is 7.05. The van der Waals surface area contributed by atoms with Crippen LogP contribution in [0.15, 0.2) is 30.3 Å². The van der Waals surface area contributed by atoms with Crippen LogP contribution < -0.4 is 5.32 Å². The zero-order valence-electron chi connectivity index (χ0n) is 17.0. The molecule has 7 nitrogen and oxygen atoms in total. The maximum Gasteiger partial charge on any atom is 0.410 e. The molecule has 1 aliphatic rings. The zero-order chi connectivity index (χ0) is 20.9. The van der Waals surface area contributed by atoms with Crippen molar-refractivity contribution in [1.82, 2.24) is 10.2 Å². The van der Waals surface area contributed by atoms with Crippen LogP contribution in [0.25, 0.3) is 0 Å². The molecule has 1 aromatic rings. The third kappa shape index (κ3) is 6.25. The van der Waals surface area contributed by atoms with Crippen molar-refractivity contribution in [3.8, 4) is 0 Å². The number of nitrogens with one attached hydrogen (secondary N) is 1. The van der Waals surface area contributed by atoms with Gasteiger partial charge in [-0.2, -0.15) is 0 Å². The maximum absolute atomic E-state index is 12.8. The van der Waals surface area contributed by atoms with Crippen LogP contribution in [-0.2, 0) is 20.7 Å². The predicted octanol–water partition coefficient (Wildman–Crippen LogP) is 2.83. The summed E-state index contributed by atoms with van der Waals surface area (Å²) in [6.07, 6.45) is 1.48. The van der Waals surface area contributed by atoms with Crippen molar-refractivity contribution >= 4 is 18.0 Å². The van der Waals surface area contributed by atoms with E-state index in [0.717, 1.165) is 12.8 Å². The number of carboxylic acid groups (broad SMARTS) is 1. The molecule has 28 heavy (non-hydrogen) atoms. The third-order valence-corrected chi connectivity index (χ3v) is 4.74. The number of amides is 2. The topological polar surface area (TPSA) is 95.9 Å². The summed E-state index contributed by atoms with van der Waals surface area (Å²) in [4.78, 5) is 37.9. The second-order valence-corrected chi connectivity index (χ2v) is 8.34. The molecule has 0 unspecified atom stereocenters. The van der Waals surface area contributed by atoms with Gasteiger partial charge in [-0.3, -0.25) is 14.5 Å². The molecule has 1 aromatic carbocycles. The average Bonchev–Trinajstić information content (AvgIpc) is 2.60. The quantitative estimate of drug-likeness (QED) is 0.806. The molecule has 2 rings (SSSR count). The van der Waals surface area contributed by atoms with Gasteiger partial charge in [-0.1, -0.05) is 30.3 Å². The second kappa shape index (κ2) is 9.08. The number of carbonyl (C=O) groups is 3. The molecule has 0 saturated carbocycles. The van der Waals surface area contributed by atoms with E-state index in [0.29, 0.717) is 13.0 Å². The Labute approximate surface area is 166 Å². The average molecular weight is 390 g/mol. The van der Waals surface area contributed by atoms with Gasteiger partial charge in [0.2, 0.25) is 5.91 Å². The molecule has 0 spiro atoms. The summed E-state index contributed by atoms with van der Waals surface area (Å²) < 4.78 is 5.45. The van der Waals surface area contributed by atoms with Crippen molar-refractivity contribution in [3.63, 3.8) is 0 Å². The summed E-state index contributed by atoms with van der Waals surface area (Å²) >= 11 is 0. The fourth-order valence-electron chi connectivity index (χ4n) is 3.33. The molecule has 0 bridgehead atoms. The van der Waals surface area contributed by atoms with Crippen LogP contribution in [0.1, 0.15) is 46.1 Å². The lowest BCUT2D eigenvalue weighted by atomic mass is 9.85. The predicted molar refractivity (Wildman–Crippen MR) is 105 cm³/mol. The number of ether oxygens (including phenoxy) is 1. The monoisotopic (exact) mass is 390 g/mol. The smallest absolute Gasteiger partial charge is 0.410 e. The molecule has 0 radical (unpaired) electrons. The molecule has 2 N–H and O–H groups in total. The van der Waals surface area contributed by atoms with Crippen molar-refractivity contribution in [1.29, 1.82) is 0 Å². The van der Waals surface area contributed by atoms with Gasteiger partial charge in [-0.05, 0) is 58.4 Å². The standard InChI is InChI=1S/C21H30N2O5/c1-14(19(25)26)22-18(24)17-13-16(12-15-8-6-5-7-9-15)10-11-23(17)20(27)28-21(2,3)4/h5-9,14,16-17H,10-13H2,1-4H3,(H,22,24)(H,25,26)/t14-,16+,17+/m0/s1. The first-order valence-electron chi connectivity index (χ1n) is 9.63. The van der Waals surface area contributed by atoms with E-state index in [1.807, 2.05) is 30.3 Å². The van der Waals surface area contributed by atoms with Crippen molar-refractivity contribution < 1.29 is 24.2 Å². The largest absolute Gasteiger partial charge is 0.480 e. The molecule has 154 valence electrons. The fraction of sp³-hybridized carbons (Fsp3) is 0.571. The Hall–Kier alpha value is -2.57. The van der Waals surface area contributed by atoms with E-state index >= 15 is 0 Å². The minimum Gasteiger partial charge on any atom is -0.480 e. The van der Waals surface area contributed by atoms with Gasteiger partial charge in [-0.15, -0.1) is 0 Å². The van der Waals surface area contributed by atoms with Gasteiger partial charge in [0.25, 0.3) is 0 Å². The number of nitrogens with zero attached hydrogens (tertiary/aromatic N) is 1. The van der Waals surface area contributed by atoms with Gasteiger partial charge in [-0.25, -0.2) is 4.79 Å². The van der Waals surface area contributed by atoms with Crippen molar-refractivity contribution in [3.05, 3.63) is 35.9 Å². The summed E-state index contributed by atoms with van der Waals surface area (Å²) in [7, 11) is 0. The number of carboxylic acids is 1. The van der Waals surface area contributed by atoms with Crippen LogP contribution in [0.2, 0.25) is 0 Å². The van der Waals surface area contributed by atoms with E-state index in [1.54, 1.807) is 20.8 Å². The first-order valence-corrected chi connectivity index (χ1v) is 9.63. The van der Waals surface area contributed by atoms with Crippen LogP contribution in [0.4, 0.5) is 4.79 Å². The van der Waals surface area contributed by atoms with Gasteiger partial charge in [0, 0.05) is 6.54 Å². The lowest BCUT2D eigenvalue weighted by molar-refractivity contribution is -0.142. The zero-order valence-corrected chi connectivity index (χ0v) is 17.0. The van der Waals surface area contributed by atoms with E-state index in [-0.39, 0.29) is 5.92 Å². The second-order valence-electron chi connectivity index (χ2n) is 8.34. The number of aliphatic carboxylic acids is 1. The summed E-state index contributed by atoms with van der Waals surface area (Å²) in [5.74, 6) is -1.36. The molecule has 3 atom stereocenters. The number of hydrogen-bond acceptors (Lipinski definition) is 4. The highest BCUT2D eigenvalue weighted by Crippen LogP contribution is 2.28. The SMILES string of the molecule is C[C@H](NC(=O)[C@H]1C[C@@H](Cc2ccccc2)CCN1C(=O)OC(C)(C)C)C(=O)O. The minimum absolute atomic E-state index is 0.219. The van der Waals surface area contributed by atoms with Crippen molar-refractivity contribution in [2.45, 2.75) is 64.6 Å². The normalized spacial score (nSPS) is 20.9. The molecule has 1 heterocycles. The number of likely N-dealkylation sites (tertiary alicyclic amines) is 1. The Morgan fingerprint density at radius 2 is 1.89 bits per heavy atom. The Morgan fingerprint density at radius 1 is 1.25 bits per heavy atom. The number of hydrogen-bond donors (Lipinski definition) is 2. The maximum atomic E-state index is 12.8.